The molecule has 0 radical (unpaired) electrons. The van der Waals surface area contributed by atoms with E-state index < -0.39 is 5.97 Å². The first kappa shape index (κ1) is 12.8. The molecule has 2 aromatic carbocycles. The maximum Gasteiger partial charge on any atom is 0.337 e. The molecule has 0 aliphatic heterocycles. The molecule has 0 spiro atoms. The van der Waals surface area contributed by atoms with Gasteiger partial charge in [-0.2, -0.15) is 4.68 Å². The number of carboxylic acid groups (broad SMARTS) is 1. The third-order valence-electron chi connectivity index (χ3n) is 2.98. The molecule has 1 heterocycles. The van der Waals surface area contributed by atoms with Crippen LogP contribution in [0.4, 0.5) is 5.69 Å². The van der Waals surface area contributed by atoms with Gasteiger partial charge >= 0.3 is 5.97 Å². The lowest BCUT2D eigenvalue weighted by Gasteiger charge is -2.08. The van der Waals surface area contributed by atoms with Gasteiger partial charge in [-0.05, 0) is 28.6 Å². The minimum Gasteiger partial charge on any atom is -0.478 e. The van der Waals surface area contributed by atoms with E-state index in [-0.39, 0.29) is 5.56 Å². The Morgan fingerprint density at radius 2 is 1.90 bits per heavy atom. The van der Waals surface area contributed by atoms with Gasteiger partial charge in [0.25, 0.3) is 0 Å². The summed E-state index contributed by atoms with van der Waals surface area (Å²) in [5.74, 6) is -0.622. The Hall–Kier alpha value is -3.22. The molecule has 0 aliphatic rings. The summed E-state index contributed by atoms with van der Waals surface area (Å²) in [4.78, 5) is 11.4. The van der Waals surface area contributed by atoms with Crippen LogP contribution in [0, 0.1) is 0 Å². The van der Waals surface area contributed by atoms with E-state index in [0.29, 0.717) is 17.2 Å². The van der Waals surface area contributed by atoms with Crippen LogP contribution in [0.15, 0.2) is 48.5 Å². The number of anilines is 1. The van der Waals surface area contributed by atoms with Crippen molar-refractivity contribution in [3.05, 3.63) is 54.1 Å². The largest absolute Gasteiger partial charge is 0.478 e. The van der Waals surface area contributed by atoms with Gasteiger partial charge in [-0.3, -0.25) is 0 Å². The van der Waals surface area contributed by atoms with Gasteiger partial charge in [0.1, 0.15) is 0 Å². The van der Waals surface area contributed by atoms with Crippen LogP contribution < -0.4 is 5.73 Å². The van der Waals surface area contributed by atoms with Crippen molar-refractivity contribution in [3.63, 3.8) is 0 Å². The van der Waals surface area contributed by atoms with Crippen LogP contribution in [-0.4, -0.2) is 31.3 Å². The number of benzene rings is 2. The summed E-state index contributed by atoms with van der Waals surface area (Å²) in [6.07, 6.45) is 0. The average molecular weight is 281 g/mol. The molecule has 0 atom stereocenters. The summed E-state index contributed by atoms with van der Waals surface area (Å²) < 4.78 is 1.37. The molecule has 0 amide bonds. The molecule has 0 unspecified atom stereocenters. The molecule has 0 fully saturated rings. The van der Waals surface area contributed by atoms with E-state index in [0.717, 1.165) is 5.56 Å². The highest BCUT2D eigenvalue weighted by molar-refractivity contribution is 5.92. The number of nitrogen functional groups attached to an aromatic ring is 1. The fourth-order valence-corrected chi connectivity index (χ4v) is 2.02. The molecule has 104 valence electrons. The summed E-state index contributed by atoms with van der Waals surface area (Å²) in [6.45, 7) is 0. The lowest BCUT2D eigenvalue weighted by Crippen LogP contribution is -2.09. The summed E-state index contributed by atoms with van der Waals surface area (Å²) >= 11 is 0. The summed E-state index contributed by atoms with van der Waals surface area (Å²) in [5.41, 5.74) is 7.36. The van der Waals surface area contributed by atoms with Gasteiger partial charge in [-0.15, -0.1) is 5.10 Å². The van der Waals surface area contributed by atoms with Crippen LogP contribution >= 0.6 is 0 Å². The summed E-state index contributed by atoms with van der Waals surface area (Å²) in [7, 11) is 0. The molecule has 0 bridgehead atoms. The minimum atomic E-state index is -1.07. The van der Waals surface area contributed by atoms with E-state index in [1.54, 1.807) is 0 Å². The zero-order chi connectivity index (χ0) is 14.8. The molecule has 3 rings (SSSR count). The molecule has 1 aromatic heterocycles. The SMILES string of the molecule is Nc1ccc(C(=O)O)c(-n2nnnc2-c2ccccc2)c1. The molecule has 7 heteroatoms. The Morgan fingerprint density at radius 3 is 2.62 bits per heavy atom. The van der Waals surface area contributed by atoms with Gasteiger partial charge in [-0.25, -0.2) is 4.79 Å². The highest BCUT2D eigenvalue weighted by Crippen LogP contribution is 2.23. The molecular formula is C14H11N5O2. The number of hydrogen-bond acceptors (Lipinski definition) is 5. The molecule has 0 saturated carbocycles. The molecule has 3 N–H and O–H groups in total. The monoisotopic (exact) mass is 281 g/mol. The van der Waals surface area contributed by atoms with Crippen LogP contribution in [-0.2, 0) is 0 Å². The smallest absolute Gasteiger partial charge is 0.337 e. The maximum atomic E-state index is 11.4. The lowest BCUT2D eigenvalue weighted by atomic mass is 10.1. The molecule has 21 heavy (non-hydrogen) atoms. The molecular weight excluding hydrogens is 270 g/mol. The second kappa shape index (κ2) is 5.04. The second-order valence-electron chi connectivity index (χ2n) is 4.36. The standard InChI is InChI=1S/C14H11N5O2/c15-10-6-7-11(14(20)21)12(8-10)19-13(16-17-18-19)9-4-2-1-3-5-9/h1-8H,15H2,(H,20,21). The summed E-state index contributed by atoms with van der Waals surface area (Å²) in [5, 5.41) is 20.8. The molecule has 3 aromatic rings. The molecule has 0 aliphatic carbocycles. The predicted octanol–water partition coefficient (Wildman–Crippen LogP) is 1.61. The van der Waals surface area contributed by atoms with Gasteiger partial charge in [-0.1, -0.05) is 30.3 Å². The third kappa shape index (κ3) is 2.32. The van der Waals surface area contributed by atoms with Crippen LogP contribution in [0.1, 0.15) is 10.4 Å². The Labute approximate surface area is 119 Å². The first-order valence-electron chi connectivity index (χ1n) is 6.14. The maximum absolute atomic E-state index is 11.4. The first-order valence-corrected chi connectivity index (χ1v) is 6.14. The number of rotatable bonds is 3. The van der Waals surface area contributed by atoms with E-state index in [2.05, 4.69) is 15.5 Å². The van der Waals surface area contributed by atoms with Gasteiger partial charge < -0.3 is 10.8 Å². The van der Waals surface area contributed by atoms with Crippen LogP contribution in [0.3, 0.4) is 0 Å². The fourth-order valence-electron chi connectivity index (χ4n) is 2.02. The van der Waals surface area contributed by atoms with Gasteiger partial charge in [0, 0.05) is 11.3 Å². The number of carbonyl (C=O) groups is 1. The number of nitrogens with two attached hydrogens (primary N) is 1. The van der Waals surface area contributed by atoms with Gasteiger partial charge in [0.05, 0.1) is 11.3 Å². The lowest BCUT2D eigenvalue weighted by molar-refractivity contribution is 0.0697. The minimum absolute atomic E-state index is 0.0775. The Balaban J connectivity index is 2.21. The molecule has 0 saturated heterocycles. The van der Waals surface area contributed by atoms with Crippen molar-refractivity contribution in [2.45, 2.75) is 0 Å². The Kier molecular flexibility index (Phi) is 3.07. The number of carboxylic acids is 1. The van der Waals surface area contributed by atoms with Crippen LogP contribution in [0.5, 0.6) is 0 Å². The third-order valence-corrected chi connectivity index (χ3v) is 2.98. The van der Waals surface area contributed by atoms with E-state index in [4.69, 9.17) is 5.73 Å². The van der Waals surface area contributed by atoms with Gasteiger partial charge in [0.2, 0.25) is 0 Å². The average Bonchev–Trinajstić information content (AvgIpc) is 2.97. The van der Waals surface area contributed by atoms with Crippen molar-refractivity contribution in [2.24, 2.45) is 0 Å². The Bertz CT molecular complexity index is 798. The number of aromatic carboxylic acids is 1. The van der Waals surface area contributed by atoms with E-state index in [1.165, 1.54) is 22.9 Å². The van der Waals surface area contributed by atoms with Crippen molar-refractivity contribution < 1.29 is 9.90 Å². The predicted molar refractivity (Wildman–Crippen MR) is 76.0 cm³/mol. The summed E-state index contributed by atoms with van der Waals surface area (Å²) in [6, 6.07) is 13.8. The molecule has 7 nitrogen and oxygen atoms in total. The number of hydrogen-bond donors (Lipinski definition) is 2. The fraction of sp³-hybridized carbons (Fsp3) is 0. The highest BCUT2D eigenvalue weighted by Gasteiger charge is 2.17. The quantitative estimate of drug-likeness (QED) is 0.706. The van der Waals surface area contributed by atoms with Gasteiger partial charge in [0.15, 0.2) is 5.82 Å². The number of tetrazole rings is 1. The highest BCUT2D eigenvalue weighted by atomic mass is 16.4. The van der Waals surface area contributed by atoms with Crippen LogP contribution in [0.2, 0.25) is 0 Å². The van der Waals surface area contributed by atoms with Crippen molar-refractivity contribution in [3.8, 4) is 17.1 Å². The van der Waals surface area contributed by atoms with Crippen molar-refractivity contribution in [2.75, 3.05) is 5.73 Å². The Morgan fingerprint density at radius 1 is 1.14 bits per heavy atom. The van der Waals surface area contributed by atoms with E-state index >= 15 is 0 Å². The van der Waals surface area contributed by atoms with Crippen molar-refractivity contribution in [1.82, 2.24) is 20.2 Å². The topological polar surface area (TPSA) is 107 Å². The van der Waals surface area contributed by atoms with Crippen molar-refractivity contribution in [1.29, 1.82) is 0 Å². The first-order chi connectivity index (χ1) is 10.2. The van der Waals surface area contributed by atoms with E-state index in [9.17, 15) is 9.90 Å². The van der Waals surface area contributed by atoms with E-state index in [1.807, 2.05) is 30.3 Å². The number of nitrogens with zero attached hydrogens (tertiary/aromatic N) is 4. The second-order valence-corrected chi connectivity index (χ2v) is 4.36. The van der Waals surface area contributed by atoms with Crippen LogP contribution in [0.25, 0.3) is 17.1 Å². The number of aromatic nitrogens is 4. The zero-order valence-corrected chi connectivity index (χ0v) is 10.8. The zero-order valence-electron chi connectivity index (χ0n) is 10.8. The van der Waals surface area contributed by atoms with Crippen molar-refractivity contribution >= 4 is 11.7 Å². The normalized spacial score (nSPS) is 10.5.